The number of anilines is 2. The highest BCUT2D eigenvalue weighted by Gasteiger charge is 2.21. The number of aryl methyl sites for hydroxylation is 1. The van der Waals surface area contributed by atoms with Gasteiger partial charge in [0.1, 0.15) is 11.3 Å². The first-order valence-corrected chi connectivity index (χ1v) is 6.49. The van der Waals surface area contributed by atoms with Crippen molar-refractivity contribution in [3.8, 4) is 0 Å². The second-order valence-electron chi connectivity index (χ2n) is 5.03. The Kier molecular flexibility index (Phi) is 2.81. The van der Waals surface area contributed by atoms with Crippen molar-refractivity contribution < 1.29 is 4.79 Å². The van der Waals surface area contributed by atoms with Gasteiger partial charge in [-0.25, -0.2) is 4.98 Å². The van der Waals surface area contributed by atoms with Gasteiger partial charge in [0.25, 0.3) is 0 Å². The molecule has 0 spiro atoms. The van der Waals surface area contributed by atoms with Crippen molar-refractivity contribution in [1.29, 1.82) is 0 Å². The van der Waals surface area contributed by atoms with E-state index < -0.39 is 0 Å². The number of rotatable bonds is 2. The van der Waals surface area contributed by atoms with Crippen LogP contribution < -0.4 is 10.6 Å². The number of carbonyl (C=O) groups is 1. The highest BCUT2D eigenvalue weighted by atomic mass is 16.1. The van der Waals surface area contributed by atoms with E-state index in [1.807, 2.05) is 12.1 Å². The van der Waals surface area contributed by atoms with Crippen molar-refractivity contribution >= 4 is 28.4 Å². The van der Waals surface area contributed by atoms with E-state index in [1.165, 1.54) is 0 Å². The van der Waals surface area contributed by atoms with Gasteiger partial charge in [0.15, 0.2) is 5.82 Å². The number of hydrogen-bond donors (Lipinski definition) is 2. The molecule has 0 bridgehead atoms. The van der Waals surface area contributed by atoms with Gasteiger partial charge >= 0.3 is 0 Å². The van der Waals surface area contributed by atoms with Crippen molar-refractivity contribution in [3.63, 3.8) is 0 Å². The molecule has 0 fully saturated rings. The zero-order valence-corrected chi connectivity index (χ0v) is 11.0. The van der Waals surface area contributed by atoms with Crippen LogP contribution in [-0.2, 0) is 11.2 Å². The van der Waals surface area contributed by atoms with Gasteiger partial charge in [0.2, 0.25) is 5.91 Å². The Morgan fingerprint density at radius 1 is 1.37 bits per heavy atom. The Morgan fingerprint density at radius 3 is 3.00 bits per heavy atom. The molecular formula is C14H16N4O. The van der Waals surface area contributed by atoms with Crippen molar-refractivity contribution in [2.45, 2.75) is 32.7 Å². The smallest absolute Gasteiger partial charge is 0.225 e. The first kappa shape index (κ1) is 11.9. The van der Waals surface area contributed by atoms with Gasteiger partial charge in [-0.1, -0.05) is 6.07 Å². The second kappa shape index (κ2) is 4.50. The summed E-state index contributed by atoms with van der Waals surface area (Å²) in [6.45, 7) is 4.10. The fourth-order valence-corrected chi connectivity index (χ4v) is 2.36. The molecule has 3 rings (SSSR count). The molecule has 3 heterocycles. The molecular weight excluding hydrogens is 240 g/mol. The molecule has 1 aliphatic rings. The summed E-state index contributed by atoms with van der Waals surface area (Å²) >= 11 is 0. The van der Waals surface area contributed by atoms with Gasteiger partial charge in [-0.2, -0.15) is 0 Å². The Bertz CT molecular complexity index is 651. The van der Waals surface area contributed by atoms with E-state index in [0.29, 0.717) is 12.2 Å². The summed E-state index contributed by atoms with van der Waals surface area (Å²) in [5.74, 6) is 1.42. The predicted octanol–water partition coefficient (Wildman–Crippen LogP) is 2.33. The molecule has 0 radical (unpaired) electrons. The van der Waals surface area contributed by atoms with Gasteiger partial charge in [0.05, 0.1) is 0 Å². The van der Waals surface area contributed by atoms with Crippen LogP contribution in [0.25, 0.3) is 10.9 Å². The number of pyridine rings is 2. The van der Waals surface area contributed by atoms with E-state index in [4.69, 9.17) is 0 Å². The third kappa shape index (κ3) is 2.12. The highest BCUT2D eigenvalue weighted by Crippen LogP contribution is 2.31. The van der Waals surface area contributed by atoms with Crippen molar-refractivity contribution in [2.24, 2.45) is 0 Å². The minimum Gasteiger partial charge on any atom is -0.366 e. The quantitative estimate of drug-likeness (QED) is 0.865. The molecule has 0 saturated heterocycles. The summed E-state index contributed by atoms with van der Waals surface area (Å²) in [6.07, 6.45) is 3.00. The maximum absolute atomic E-state index is 11.5. The van der Waals surface area contributed by atoms with Gasteiger partial charge < -0.3 is 10.6 Å². The number of nitrogens with zero attached hydrogens (tertiary/aromatic N) is 2. The lowest BCUT2D eigenvalue weighted by molar-refractivity contribution is -0.116. The lowest BCUT2D eigenvalue weighted by Crippen LogP contribution is -2.22. The maximum Gasteiger partial charge on any atom is 0.225 e. The molecule has 19 heavy (non-hydrogen) atoms. The molecule has 0 aromatic carbocycles. The first-order valence-electron chi connectivity index (χ1n) is 6.49. The summed E-state index contributed by atoms with van der Waals surface area (Å²) in [7, 11) is 0. The lowest BCUT2D eigenvalue weighted by atomic mass is 10.0. The summed E-state index contributed by atoms with van der Waals surface area (Å²) < 4.78 is 0. The van der Waals surface area contributed by atoms with Crippen LogP contribution in [0.2, 0.25) is 0 Å². The molecule has 2 N–H and O–H groups in total. The average molecular weight is 256 g/mol. The number of carbonyl (C=O) groups excluding carboxylic acids is 1. The molecule has 98 valence electrons. The third-order valence-electron chi connectivity index (χ3n) is 3.15. The standard InChI is InChI=1S/C14H16N4O/c1-8(2)16-14-12-9(4-3-7-15-12)10-5-6-11(19)17-13(10)18-14/h3-4,7-8H,5-6H2,1-2H3,(H2,16,17,18,19). The fraction of sp³-hybridized carbons (Fsp3) is 0.357. The zero-order valence-electron chi connectivity index (χ0n) is 11.0. The number of aromatic nitrogens is 2. The Balaban J connectivity index is 2.23. The van der Waals surface area contributed by atoms with E-state index in [1.54, 1.807) is 6.20 Å². The summed E-state index contributed by atoms with van der Waals surface area (Å²) in [5.41, 5.74) is 1.95. The van der Waals surface area contributed by atoms with Crippen LogP contribution in [0.15, 0.2) is 18.3 Å². The molecule has 0 unspecified atom stereocenters. The summed E-state index contributed by atoms with van der Waals surface area (Å²) in [5, 5.41) is 7.20. The van der Waals surface area contributed by atoms with E-state index in [2.05, 4.69) is 34.4 Å². The van der Waals surface area contributed by atoms with Crippen LogP contribution in [0, 0.1) is 0 Å². The van der Waals surface area contributed by atoms with E-state index >= 15 is 0 Å². The van der Waals surface area contributed by atoms with E-state index in [0.717, 1.165) is 28.7 Å². The second-order valence-corrected chi connectivity index (χ2v) is 5.03. The number of fused-ring (bicyclic) bond motifs is 3. The van der Waals surface area contributed by atoms with Crippen LogP contribution in [0.3, 0.4) is 0 Å². The van der Waals surface area contributed by atoms with Gasteiger partial charge in [-0.15, -0.1) is 0 Å². The van der Waals surface area contributed by atoms with Crippen molar-refractivity contribution in [1.82, 2.24) is 9.97 Å². The Morgan fingerprint density at radius 2 is 2.21 bits per heavy atom. The maximum atomic E-state index is 11.5. The van der Waals surface area contributed by atoms with Crippen LogP contribution in [0.5, 0.6) is 0 Å². The van der Waals surface area contributed by atoms with Gasteiger partial charge in [0, 0.05) is 29.6 Å². The largest absolute Gasteiger partial charge is 0.366 e. The number of nitrogens with one attached hydrogen (secondary N) is 2. The minimum absolute atomic E-state index is 0.0266. The van der Waals surface area contributed by atoms with Gasteiger partial charge in [-0.3, -0.25) is 9.78 Å². The van der Waals surface area contributed by atoms with Crippen LogP contribution in [-0.4, -0.2) is 21.9 Å². The average Bonchev–Trinajstić information content (AvgIpc) is 2.38. The highest BCUT2D eigenvalue weighted by molar-refractivity contribution is 6.00. The molecule has 0 atom stereocenters. The monoisotopic (exact) mass is 256 g/mol. The molecule has 0 aliphatic carbocycles. The van der Waals surface area contributed by atoms with Crippen molar-refractivity contribution in [2.75, 3.05) is 10.6 Å². The third-order valence-corrected chi connectivity index (χ3v) is 3.15. The molecule has 5 heteroatoms. The number of amides is 1. The SMILES string of the molecule is CC(C)Nc1nc2c(c3cccnc13)CCC(=O)N2. The zero-order chi connectivity index (χ0) is 13.4. The van der Waals surface area contributed by atoms with Crippen LogP contribution in [0.1, 0.15) is 25.8 Å². The Labute approximate surface area is 111 Å². The number of hydrogen-bond acceptors (Lipinski definition) is 4. The van der Waals surface area contributed by atoms with Crippen LogP contribution >= 0.6 is 0 Å². The fourth-order valence-electron chi connectivity index (χ4n) is 2.36. The summed E-state index contributed by atoms with van der Waals surface area (Å²) in [6, 6.07) is 4.21. The molecule has 0 saturated carbocycles. The summed E-state index contributed by atoms with van der Waals surface area (Å²) in [4.78, 5) is 20.5. The first-order chi connectivity index (χ1) is 9.15. The van der Waals surface area contributed by atoms with Gasteiger partial charge in [-0.05, 0) is 26.3 Å². The van der Waals surface area contributed by atoms with Crippen molar-refractivity contribution in [3.05, 3.63) is 23.9 Å². The Hall–Kier alpha value is -2.17. The molecule has 2 aromatic heterocycles. The normalized spacial score (nSPS) is 14.4. The topological polar surface area (TPSA) is 66.9 Å². The van der Waals surface area contributed by atoms with E-state index in [9.17, 15) is 4.79 Å². The molecule has 1 amide bonds. The minimum atomic E-state index is 0.0266. The lowest BCUT2D eigenvalue weighted by Gasteiger charge is -2.20. The molecule has 2 aromatic rings. The van der Waals surface area contributed by atoms with Crippen LogP contribution in [0.4, 0.5) is 11.6 Å². The molecule has 5 nitrogen and oxygen atoms in total. The predicted molar refractivity (Wildman–Crippen MR) is 75.2 cm³/mol. The molecule has 1 aliphatic heterocycles. The van der Waals surface area contributed by atoms with E-state index in [-0.39, 0.29) is 11.9 Å².